The minimum absolute atomic E-state index is 0.00790. The molecule has 1 aliphatic rings. The second-order valence-electron chi connectivity index (χ2n) is 8.67. The van der Waals surface area contributed by atoms with Crippen LogP contribution in [0.15, 0.2) is 36.4 Å². The summed E-state index contributed by atoms with van der Waals surface area (Å²) in [6.07, 6.45) is 5.79. The number of nitrogens with one attached hydrogen (secondary N) is 2. The van der Waals surface area contributed by atoms with Crippen molar-refractivity contribution in [2.45, 2.75) is 39.0 Å². The molecule has 2 aromatic carbocycles. The number of aryl methyl sites for hydroxylation is 1. The molecule has 1 fully saturated rings. The number of fused-ring (bicyclic) bond motifs is 1. The van der Waals surface area contributed by atoms with Crippen molar-refractivity contribution in [2.24, 2.45) is 0 Å². The van der Waals surface area contributed by atoms with Crippen LogP contribution in [0.1, 0.15) is 48.5 Å². The molecule has 0 atom stereocenters. The molecule has 33 heavy (non-hydrogen) atoms. The lowest BCUT2D eigenvalue weighted by atomic mass is 10.0. The van der Waals surface area contributed by atoms with Gasteiger partial charge in [-0.15, -0.1) is 0 Å². The monoisotopic (exact) mass is 449 g/mol. The molecule has 4 rings (SSSR count). The predicted octanol–water partition coefficient (Wildman–Crippen LogP) is 5.02. The quantitative estimate of drug-likeness (QED) is 0.450. The first kappa shape index (κ1) is 23.2. The third kappa shape index (κ3) is 5.17. The van der Waals surface area contributed by atoms with Crippen LogP contribution in [0.25, 0.3) is 22.2 Å². The van der Waals surface area contributed by atoms with Gasteiger partial charge in [0.25, 0.3) is 5.91 Å². The maximum absolute atomic E-state index is 12.8. The van der Waals surface area contributed by atoms with Crippen LogP contribution in [0.4, 0.5) is 0 Å². The topological polar surface area (TPSA) is 66.6 Å². The number of piperidine rings is 1. The van der Waals surface area contributed by atoms with Crippen molar-refractivity contribution in [3.8, 4) is 22.8 Å². The highest BCUT2D eigenvalue weighted by Gasteiger charge is 2.16. The number of likely N-dealkylation sites (tertiary alicyclic amines) is 1. The molecule has 3 aromatic rings. The molecular formula is C27H35N3O3. The Kier molecular flexibility index (Phi) is 7.55. The standard InChI is InChI=1S/C27H35N3O3/c1-4-21-22-17-20(27(31)28-13-8-16-30-14-6-5-7-15-30)9-11-23(22)29-26(21)19-10-12-24(32-2)25(18-19)33-3/h9-12,17-18,29H,4-8,13-16H2,1-3H3,(H,28,31). The average Bonchev–Trinajstić information content (AvgIpc) is 3.24. The number of aromatic amines is 1. The lowest BCUT2D eigenvalue weighted by Gasteiger charge is -2.26. The molecule has 6 heteroatoms. The van der Waals surface area contributed by atoms with Crippen molar-refractivity contribution < 1.29 is 14.3 Å². The number of H-pyrrole nitrogens is 1. The molecule has 1 aliphatic heterocycles. The van der Waals surface area contributed by atoms with Gasteiger partial charge in [0.05, 0.1) is 14.2 Å². The highest BCUT2D eigenvalue weighted by molar-refractivity contribution is 6.00. The van der Waals surface area contributed by atoms with Gasteiger partial charge in [-0.05, 0) is 87.3 Å². The van der Waals surface area contributed by atoms with Crippen molar-refractivity contribution in [3.63, 3.8) is 0 Å². The molecule has 176 valence electrons. The average molecular weight is 450 g/mol. The summed E-state index contributed by atoms with van der Waals surface area (Å²) in [5.74, 6) is 1.39. The van der Waals surface area contributed by atoms with E-state index in [-0.39, 0.29) is 5.91 Å². The van der Waals surface area contributed by atoms with E-state index in [0.29, 0.717) is 23.6 Å². The number of hydrogen-bond donors (Lipinski definition) is 2. The summed E-state index contributed by atoms with van der Waals surface area (Å²) in [6, 6.07) is 11.8. The Hall–Kier alpha value is -2.99. The molecule has 2 heterocycles. The summed E-state index contributed by atoms with van der Waals surface area (Å²) in [5, 5.41) is 4.19. The van der Waals surface area contributed by atoms with Crippen molar-refractivity contribution in [2.75, 3.05) is 40.4 Å². The van der Waals surface area contributed by atoms with E-state index in [1.807, 2.05) is 36.4 Å². The third-order valence-corrected chi connectivity index (χ3v) is 6.58. The Morgan fingerprint density at radius 3 is 2.55 bits per heavy atom. The minimum Gasteiger partial charge on any atom is -0.493 e. The van der Waals surface area contributed by atoms with Crippen LogP contribution in [0, 0.1) is 0 Å². The molecule has 0 bridgehead atoms. The largest absolute Gasteiger partial charge is 0.493 e. The van der Waals surface area contributed by atoms with Gasteiger partial charge in [-0.3, -0.25) is 4.79 Å². The maximum atomic E-state index is 12.8. The molecule has 0 spiro atoms. The zero-order valence-electron chi connectivity index (χ0n) is 20.0. The molecule has 0 unspecified atom stereocenters. The van der Waals surface area contributed by atoms with Crippen molar-refractivity contribution in [3.05, 3.63) is 47.5 Å². The second kappa shape index (κ2) is 10.8. The molecular weight excluding hydrogens is 414 g/mol. The van der Waals surface area contributed by atoms with Crippen LogP contribution in [0.3, 0.4) is 0 Å². The number of benzene rings is 2. The van der Waals surface area contributed by atoms with Crippen LogP contribution >= 0.6 is 0 Å². The lowest BCUT2D eigenvalue weighted by Crippen LogP contribution is -2.33. The van der Waals surface area contributed by atoms with Crippen LogP contribution in [-0.2, 0) is 6.42 Å². The summed E-state index contributed by atoms with van der Waals surface area (Å²) in [7, 11) is 3.28. The summed E-state index contributed by atoms with van der Waals surface area (Å²) in [4.78, 5) is 18.9. The molecule has 0 aliphatic carbocycles. The second-order valence-corrected chi connectivity index (χ2v) is 8.67. The van der Waals surface area contributed by atoms with Gasteiger partial charge in [0.2, 0.25) is 0 Å². The normalized spacial score (nSPS) is 14.4. The molecule has 0 saturated carbocycles. The van der Waals surface area contributed by atoms with Gasteiger partial charge in [0.1, 0.15) is 0 Å². The third-order valence-electron chi connectivity index (χ3n) is 6.58. The molecule has 0 radical (unpaired) electrons. The fourth-order valence-electron chi connectivity index (χ4n) is 4.78. The van der Waals surface area contributed by atoms with Crippen LogP contribution in [0.2, 0.25) is 0 Å². The molecule has 2 N–H and O–H groups in total. The van der Waals surface area contributed by atoms with Crippen LogP contribution in [0.5, 0.6) is 11.5 Å². The first-order valence-corrected chi connectivity index (χ1v) is 12.0. The highest BCUT2D eigenvalue weighted by Crippen LogP contribution is 2.36. The van der Waals surface area contributed by atoms with Gasteiger partial charge in [-0.2, -0.15) is 0 Å². The van der Waals surface area contributed by atoms with E-state index in [0.717, 1.165) is 41.5 Å². The number of methoxy groups -OCH3 is 2. The number of nitrogens with zero attached hydrogens (tertiary/aromatic N) is 1. The van der Waals surface area contributed by atoms with Gasteiger partial charge >= 0.3 is 0 Å². The fourth-order valence-corrected chi connectivity index (χ4v) is 4.78. The molecule has 1 aromatic heterocycles. The van der Waals surface area contributed by atoms with Crippen LogP contribution < -0.4 is 14.8 Å². The fraction of sp³-hybridized carbons (Fsp3) is 0.444. The Balaban J connectivity index is 1.49. The molecule has 6 nitrogen and oxygen atoms in total. The maximum Gasteiger partial charge on any atom is 0.251 e. The minimum atomic E-state index is -0.00790. The smallest absolute Gasteiger partial charge is 0.251 e. The molecule has 1 saturated heterocycles. The Morgan fingerprint density at radius 1 is 1.03 bits per heavy atom. The van der Waals surface area contributed by atoms with E-state index in [4.69, 9.17) is 9.47 Å². The van der Waals surface area contributed by atoms with E-state index in [9.17, 15) is 4.79 Å². The first-order valence-electron chi connectivity index (χ1n) is 12.0. The van der Waals surface area contributed by atoms with E-state index in [1.165, 1.54) is 37.9 Å². The van der Waals surface area contributed by atoms with Crippen molar-refractivity contribution >= 4 is 16.8 Å². The molecule has 1 amide bonds. The van der Waals surface area contributed by atoms with Gasteiger partial charge in [0.15, 0.2) is 11.5 Å². The van der Waals surface area contributed by atoms with Gasteiger partial charge in [0, 0.05) is 34.3 Å². The Bertz CT molecular complexity index is 1100. The highest BCUT2D eigenvalue weighted by atomic mass is 16.5. The number of rotatable bonds is 9. The van der Waals surface area contributed by atoms with E-state index < -0.39 is 0 Å². The van der Waals surface area contributed by atoms with Crippen molar-refractivity contribution in [1.82, 2.24) is 15.2 Å². The number of carbonyl (C=O) groups is 1. The van der Waals surface area contributed by atoms with Crippen LogP contribution in [-0.4, -0.2) is 56.2 Å². The number of carbonyl (C=O) groups excluding carboxylic acids is 1. The Morgan fingerprint density at radius 2 is 1.82 bits per heavy atom. The Labute approximate surface area is 196 Å². The SMILES string of the molecule is CCc1c(-c2ccc(OC)c(OC)c2)[nH]c2ccc(C(=O)NCCCN3CCCCC3)cc12. The summed E-state index contributed by atoms with van der Waals surface area (Å²) in [6.45, 7) is 6.30. The predicted molar refractivity (Wildman–Crippen MR) is 133 cm³/mol. The number of amides is 1. The van der Waals surface area contributed by atoms with E-state index in [1.54, 1.807) is 14.2 Å². The number of aromatic nitrogens is 1. The summed E-state index contributed by atoms with van der Waals surface area (Å²) < 4.78 is 10.9. The van der Waals surface area contributed by atoms with Crippen molar-refractivity contribution in [1.29, 1.82) is 0 Å². The first-order chi connectivity index (χ1) is 16.1. The zero-order valence-corrected chi connectivity index (χ0v) is 20.0. The lowest BCUT2D eigenvalue weighted by molar-refractivity contribution is 0.0951. The van der Waals surface area contributed by atoms with Gasteiger partial charge in [-0.1, -0.05) is 13.3 Å². The zero-order chi connectivity index (χ0) is 23.2. The number of hydrogen-bond acceptors (Lipinski definition) is 4. The summed E-state index contributed by atoms with van der Waals surface area (Å²) in [5.41, 5.74) is 5.00. The van der Waals surface area contributed by atoms with Gasteiger partial charge < -0.3 is 24.7 Å². The van der Waals surface area contributed by atoms with E-state index >= 15 is 0 Å². The number of ether oxygens (including phenoxy) is 2. The van der Waals surface area contributed by atoms with Gasteiger partial charge in [-0.25, -0.2) is 0 Å². The summed E-state index contributed by atoms with van der Waals surface area (Å²) >= 11 is 0. The van der Waals surface area contributed by atoms with E-state index in [2.05, 4.69) is 22.1 Å².